The van der Waals surface area contributed by atoms with Crippen molar-refractivity contribution in [2.45, 2.75) is 29.9 Å². The number of hydrogen-bond acceptors (Lipinski definition) is 3. The third-order valence-electron chi connectivity index (χ3n) is 3.62. The van der Waals surface area contributed by atoms with E-state index in [1.807, 2.05) is 67.6 Å². The van der Waals surface area contributed by atoms with E-state index in [1.165, 1.54) is 11.8 Å². The quantitative estimate of drug-likeness (QED) is 0.621. The molecule has 1 saturated heterocycles. The van der Waals surface area contributed by atoms with E-state index in [-0.39, 0.29) is 11.2 Å². The van der Waals surface area contributed by atoms with Gasteiger partial charge in [-0.05, 0) is 35.9 Å². The lowest BCUT2D eigenvalue weighted by molar-refractivity contribution is -0.115. The number of ether oxygens (including phenoxy) is 1. The molecule has 0 amide bonds. The molecule has 2 aromatic rings. The van der Waals surface area contributed by atoms with Gasteiger partial charge in [0.15, 0.2) is 5.60 Å². The predicted molar refractivity (Wildman–Crippen MR) is 80.6 cm³/mol. The maximum Gasteiger partial charge on any atom is 0.228 e. The molecule has 2 aromatic carbocycles. The molecular weight excluding hydrogens is 268 g/mol. The van der Waals surface area contributed by atoms with Crippen molar-refractivity contribution in [2.24, 2.45) is 0 Å². The van der Waals surface area contributed by atoms with Crippen molar-refractivity contribution in [2.75, 3.05) is 0 Å². The third kappa shape index (κ3) is 2.39. The van der Waals surface area contributed by atoms with Crippen LogP contribution in [-0.2, 0) is 9.53 Å². The number of carbonyl (C=O) groups is 1. The van der Waals surface area contributed by atoms with Crippen LogP contribution in [0.2, 0.25) is 0 Å². The molecule has 2 unspecified atom stereocenters. The average molecular weight is 284 g/mol. The van der Waals surface area contributed by atoms with E-state index in [1.54, 1.807) is 0 Å². The second-order valence-electron chi connectivity index (χ2n) is 4.85. The first-order chi connectivity index (χ1) is 9.76. The fourth-order valence-corrected chi connectivity index (χ4v) is 3.37. The van der Waals surface area contributed by atoms with Crippen LogP contribution in [0, 0.1) is 0 Å². The summed E-state index contributed by atoms with van der Waals surface area (Å²) in [6.45, 7) is 2.01. The molecule has 1 heterocycles. The van der Waals surface area contributed by atoms with E-state index in [0.29, 0.717) is 6.42 Å². The van der Waals surface area contributed by atoms with E-state index in [2.05, 4.69) is 0 Å². The summed E-state index contributed by atoms with van der Waals surface area (Å²) in [4.78, 5) is 13.5. The minimum absolute atomic E-state index is 0.0973. The highest BCUT2D eigenvalue weighted by Gasteiger charge is 2.61. The molecule has 0 aliphatic carbocycles. The van der Waals surface area contributed by atoms with Gasteiger partial charge in [0.1, 0.15) is 6.10 Å². The fraction of sp³-hybridized carbons (Fsp3) is 0.235. The molecule has 20 heavy (non-hydrogen) atoms. The van der Waals surface area contributed by atoms with Crippen LogP contribution >= 0.6 is 11.8 Å². The van der Waals surface area contributed by atoms with Gasteiger partial charge in [-0.1, -0.05) is 55.5 Å². The maximum absolute atomic E-state index is 12.5. The molecule has 3 heteroatoms. The minimum atomic E-state index is -0.651. The fourth-order valence-electron chi connectivity index (χ4n) is 2.39. The highest BCUT2D eigenvalue weighted by molar-refractivity contribution is 8.13. The Morgan fingerprint density at radius 1 is 1.10 bits per heavy atom. The van der Waals surface area contributed by atoms with Gasteiger partial charge in [-0.25, -0.2) is 0 Å². The molecule has 0 radical (unpaired) electrons. The van der Waals surface area contributed by atoms with Crippen LogP contribution in [0.5, 0.6) is 0 Å². The molecule has 2 atom stereocenters. The number of carbonyl (C=O) groups excluding carboxylic acids is 1. The van der Waals surface area contributed by atoms with Gasteiger partial charge in [0.2, 0.25) is 5.12 Å². The molecule has 0 spiro atoms. The van der Waals surface area contributed by atoms with Crippen LogP contribution in [0.3, 0.4) is 0 Å². The lowest BCUT2D eigenvalue weighted by Gasteiger charge is -2.08. The van der Waals surface area contributed by atoms with Gasteiger partial charge in [-0.2, -0.15) is 0 Å². The summed E-state index contributed by atoms with van der Waals surface area (Å²) in [5.41, 5.74) is 0.429. The molecule has 2 nitrogen and oxygen atoms in total. The minimum Gasteiger partial charge on any atom is -0.352 e. The standard InChI is InChI=1S/C17H16O2S/c1-2-17(15(19-17)13-9-5-3-6-10-13)16(18)20-14-11-7-4-8-12-14/h3-12,15H,2H2,1H3. The second-order valence-corrected chi connectivity index (χ2v) is 5.90. The lowest BCUT2D eigenvalue weighted by atomic mass is 9.98. The van der Waals surface area contributed by atoms with Crippen molar-refractivity contribution in [3.05, 3.63) is 66.2 Å². The Labute approximate surface area is 123 Å². The number of epoxide rings is 1. The average Bonchev–Trinajstić information content (AvgIpc) is 3.25. The molecule has 1 fully saturated rings. The molecule has 3 rings (SSSR count). The number of thioether (sulfide) groups is 1. The highest BCUT2D eigenvalue weighted by atomic mass is 32.2. The number of benzene rings is 2. The Kier molecular flexibility index (Phi) is 3.64. The molecule has 1 aliphatic rings. The van der Waals surface area contributed by atoms with E-state index in [4.69, 9.17) is 4.74 Å². The molecule has 0 aromatic heterocycles. The summed E-state index contributed by atoms with van der Waals surface area (Å²) in [7, 11) is 0. The summed E-state index contributed by atoms with van der Waals surface area (Å²) in [5, 5.41) is 0.0973. The van der Waals surface area contributed by atoms with Crippen molar-refractivity contribution >= 4 is 16.9 Å². The molecule has 0 saturated carbocycles. The maximum atomic E-state index is 12.5. The van der Waals surface area contributed by atoms with Gasteiger partial charge in [0.25, 0.3) is 0 Å². The van der Waals surface area contributed by atoms with Crippen molar-refractivity contribution in [3.8, 4) is 0 Å². The highest BCUT2D eigenvalue weighted by Crippen LogP contribution is 2.54. The Hall–Kier alpha value is -1.58. The molecule has 102 valence electrons. The van der Waals surface area contributed by atoms with Gasteiger partial charge < -0.3 is 4.74 Å². The van der Waals surface area contributed by atoms with E-state index in [0.717, 1.165) is 10.5 Å². The largest absolute Gasteiger partial charge is 0.352 e. The van der Waals surface area contributed by atoms with Crippen molar-refractivity contribution in [3.63, 3.8) is 0 Å². The molecule has 1 aliphatic heterocycles. The van der Waals surface area contributed by atoms with Gasteiger partial charge in [-0.3, -0.25) is 4.79 Å². The van der Waals surface area contributed by atoms with Crippen LogP contribution in [0.4, 0.5) is 0 Å². The molecule has 0 N–H and O–H groups in total. The lowest BCUT2D eigenvalue weighted by Crippen LogP contribution is -2.21. The first kappa shape index (κ1) is 13.4. The summed E-state index contributed by atoms with van der Waals surface area (Å²) in [6, 6.07) is 19.7. The Balaban J connectivity index is 1.77. The number of rotatable bonds is 4. The zero-order valence-electron chi connectivity index (χ0n) is 11.3. The van der Waals surface area contributed by atoms with Gasteiger partial charge in [0, 0.05) is 4.90 Å². The van der Waals surface area contributed by atoms with Crippen LogP contribution in [0.25, 0.3) is 0 Å². The zero-order valence-corrected chi connectivity index (χ0v) is 12.1. The monoisotopic (exact) mass is 284 g/mol. The summed E-state index contributed by atoms with van der Waals surface area (Å²) < 4.78 is 5.80. The SMILES string of the molecule is CCC1(C(=O)Sc2ccccc2)OC1c1ccccc1. The second kappa shape index (κ2) is 5.43. The summed E-state index contributed by atoms with van der Waals surface area (Å²) >= 11 is 1.27. The van der Waals surface area contributed by atoms with Crippen LogP contribution in [0.15, 0.2) is 65.6 Å². The Morgan fingerprint density at radius 2 is 1.70 bits per heavy atom. The predicted octanol–water partition coefficient (Wildman–Crippen LogP) is 4.23. The van der Waals surface area contributed by atoms with Gasteiger partial charge in [-0.15, -0.1) is 0 Å². The topological polar surface area (TPSA) is 29.6 Å². The summed E-state index contributed by atoms with van der Waals surface area (Å²) in [6.07, 6.45) is 0.600. The Morgan fingerprint density at radius 3 is 2.30 bits per heavy atom. The van der Waals surface area contributed by atoms with Gasteiger partial charge >= 0.3 is 0 Å². The first-order valence-corrected chi connectivity index (χ1v) is 7.58. The third-order valence-corrected chi connectivity index (χ3v) is 4.66. The van der Waals surface area contributed by atoms with Crippen molar-refractivity contribution in [1.82, 2.24) is 0 Å². The molecular formula is C17H16O2S. The molecule has 0 bridgehead atoms. The zero-order chi connectivity index (χ0) is 14.0. The first-order valence-electron chi connectivity index (χ1n) is 6.76. The summed E-state index contributed by atoms with van der Waals surface area (Å²) in [5.74, 6) is 0. The van der Waals surface area contributed by atoms with E-state index >= 15 is 0 Å². The van der Waals surface area contributed by atoms with Crippen LogP contribution in [0.1, 0.15) is 25.0 Å². The van der Waals surface area contributed by atoms with Gasteiger partial charge in [0.05, 0.1) is 0 Å². The van der Waals surface area contributed by atoms with Crippen LogP contribution < -0.4 is 0 Å². The van der Waals surface area contributed by atoms with Crippen molar-refractivity contribution in [1.29, 1.82) is 0 Å². The van der Waals surface area contributed by atoms with E-state index < -0.39 is 5.60 Å². The smallest absolute Gasteiger partial charge is 0.228 e. The Bertz CT molecular complexity index is 597. The number of hydrogen-bond donors (Lipinski definition) is 0. The normalized spacial score (nSPS) is 24.4. The van der Waals surface area contributed by atoms with Crippen molar-refractivity contribution < 1.29 is 9.53 Å². The van der Waals surface area contributed by atoms with Crippen LogP contribution in [-0.4, -0.2) is 10.7 Å². The van der Waals surface area contributed by atoms with E-state index in [9.17, 15) is 4.79 Å².